The van der Waals surface area contributed by atoms with Gasteiger partial charge in [-0.15, -0.1) is 12.4 Å². The summed E-state index contributed by atoms with van der Waals surface area (Å²) in [7, 11) is 1.67. The van der Waals surface area contributed by atoms with Crippen LogP contribution in [0.5, 0.6) is 5.75 Å². The molecule has 5 heteroatoms. The SMILES string of the molecule is COc1ccc(CCC(=O)NCCCC(CCCC2CCNC3CC=C4C=CCCC4C23)(c2ccccc2)c2ccccc2)cc1.Cl. The summed E-state index contributed by atoms with van der Waals surface area (Å²) in [6.07, 6.45) is 19.2. The fourth-order valence-corrected chi connectivity index (χ4v) is 8.79. The molecule has 250 valence electrons. The van der Waals surface area contributed by atoms with Crippen LogP contribution in [0.2, 0.25) is 0 Å². The van der Waals surface area contributed by atoms with Crippen LogP contribution in [0.1, 0.15) is 80.9 Å². The molecular formula is C42H53ClN2O2. The number of halogens is 1. The van der Waals surface area contributed by atoms with Crippen LogP contribution >= 0.6 is 12.4 Å². The predicted molar refractivity (Wildman–Crippen MR) is 196 cm³/mol. The Morgan fingerprint density at radius 3 is 2.32 bits per heavy atom. The number of fused-ring (bicyclic) bond motifs is 3. The number of carbonyl (C=O) groups excluding carboxylic acids is 1. The fourth-order valence-electron chi connectivity index (χ4n) is 8.79. The number of nitrogens with one attached hydrogen (secondary N) is 2. The summed E-state index contributed by atoms with van der Waals surface area (Å²) in [5, 5.41) is 7.14. The van der Waals surface area contributed by atoms with E-state index in [0.717, 1.165) is 61.3 Å². The van der Waals surface area contributed by atoms with Crippen molar-refractivity contribution in [3.63, 3.8) is 0 Å². The van der Waals surface area contributed by atoms with Crippen LogP contribution in [-0.2, 0) is 16.6 Å². The number of ether oxygens (including phenoxy) is 1. The van der Waals surface area contributed by atoms with Crippen molar-refractivity contribution >= 4 is 18.3 Å². The molecular weight excluding hydrogens is 600 g/mol. The Bertz CT molecular complexity index is 1410. The van der Waals surface area contributed by atoms with Crippen molar-refractivity contribution in [1.82, 2.24) is 10.6 Å². The van der Waals surface area contributed by atoms with Gasteiger partial charge in [-0.2, -0.15) is 0 Å². The number of allylic oxidation sites excluding steroid dienone is 3. The fraction of sp³-hybridized carbons (Fsp3) is 0.452. The molecule has 47 heavy (non-hydrogen) atoms. The number of benzene rings is 3. The van der Waals surface area contributed by atoms with E-state index in [4.69, 9.17) is 4.74 Å². The van der Waals surface area contributed by atoms with Crippen molar-refractivity contribution in [2.75, 3.05) is 20.2 Å². The first-order valence-electron chi connectivity index (χ1n) is 17.8. The number of carbonyl (C=O) groups is 1. The first-order chi connectivity index (χ1) is 22.7. The van der Waals surface area contributed by atoms with Gasteiger partial charge in [0.1, 0.15) is 5.75 Å². The van der Waals surface area contributed by atoms with E-state index >= 15 is 0 Å². The Morgan fingerprint density at radius 2 is 1.62 bits per heavy atom. The molecule has 3 aromatic carbocycles. The van der Waals surface area contributed by atoms with Gasteiger partial charge in [0, 0.05) is 24.4 Å². The number of aryl methyl sites for hydroxylation is 1. The average molecular weight is 653 g/mol. The van der Waals surface area contributed by atoms with Gasteiger partial charge in [0.2, 0.25) is 5.91 Å². The van der Waals surface area contributed by atoms with Crippen molar-refractivity contribution in [2.24, 2.45) is 17.8 Å². The summed E-state index contributed by atoms with van der Waals surface area (Å²) in [6.45, 7) is 1.85. The van der Waals surface area contributed by atoms with Gasteiger partial charge in [0.15, 0.2) is 0 Å². The number of hydrogen-bond donors (Lipinski definition) is 2. The van der Waals surface area contributed by atoms with Crippen LogP contribution in [0.4, 0.5) is 0 Å². The first kappa shape index (κ1) is 35.0. The standard InChI is InChI=1S/C42H52N2O2.ClH/c1-46-37-23-19-32(20-24-37)21-26-40(45)44-30-11-29-42(35-14-4-2-5-15-35,36-16-6-3-7-17-36)28-10-13-34-27-31-43-39-25-22-33-12-8-9-18-38(33)41(34)39;/h2-8,12,14-17,19-20,22-24,34,38-39,41,43H,9-11,13,18,21,25-31H2,1H3,(H,44,45);1H. The summed E-state index contributed by atoms with van der Waals surface area (Å²) < 4.78 is 5.26. The highest BCUT2D eigenvalue weighted by atomic mass is 35.5. The second-order valence-electron chi connectivity index (χ2n) is 13.7. The van der Waals surface area contributed by atoms with Gasteiger partial charge in [-0.1, -0.05) is 104 Å². The Hall–Kier alpha value is -3.34. The second-order valence-corrected chi connectivity index (χ2v) is 13.7. The molecule has 3 aromatic rings. The largest absolute Gasteiger partial charge is 0.497 e. The van der Waals surface area contributed by atoms with Crippen LogP contribution < -0.4 is 15.4 Å². The highest BCUT2D eigenvalue weighted by Crippen LogP contribution is 2.47. The van der Waals surface area contributed by atoms with Crippen LogP contribution in [0, 0.1) is 17.8 Å². The Balaban J connectivity index is 0.00000433. The molecule has 1 saturated heterocycles. The van der Waals surface area contributed by atoms with Gasteiger partial charge in [-0.25, -0.2) is 0 Å². The smallest absolute Gasteiger partial charge is 0.220 e. The minimum atomic E-state index is -0.0755. The van der Waals surface area contributed by atoms with Crippen LogP contribution in [0.25, 0.3) is 0 Å². The third-order valence-electron chi connectivity index (χ3n) is 11.1. The van der Waals surface area contributed by atoms with Crippen LogP contribution in [0.3, 0.4) is 0 Å². The number of rotatable bonds is 14. The molecule has 2 aliphatic carbocycles. The summed E-state index contributed by atoms with van der Waals surface area (Å²) >= 11 is 0. The lowest BCUT2D eigenvalue weighted by Crippen LogP contribution is -2.51. The lowest BCUT2D eigenvalue weighted by Gasteiger charge is -2.47. The van der Waals surface area contributed by atoms with Crippen molar-refractivity contribution in [1.29, 1.82) is 0 Å². The van der Waals surface area contributed by atoms with E-state index in [1.807, 2.05) is 24.3 Å². The van der Waals surface area contributed by atoms with Gasteiger partial charge in [0.25, 0.3) is 0 Å². The zero-order valence-electron chi connectivity index (χ0n) is 28.0. The number of amides is 1. The molecule has 0 radical (unpaired) electrons. The summed E-state index contributed by atoms with van der Waals surface area (Å²) in [6, 6.07) is 31.0. The predicted octanol–water partition coefficient (Wildman–Crippen LogP) is 8.99. The van der Waals surface area contributed by atoms with Gasteiger partial charge in [-0.05, 0) is 110 Å². The molecule has 3 aliphatic rings. The van der Waals surface area contributed by atoms with Crippen molar-refractivity contribution in [2.45, 2.75) is 82.1 Å². The highest BCUT2D eigenvalue weighted by molar-refractivity contribution is 5.85. The van der Waals surface area contributed by atoms with Crippen LogP contribution in [-0.4, -0.2) is 32.1 Å². The molecule has 0 saturated carbocycles. The van der Waals surface area contributed by atoms with Gasteiger partial charge in [0.05, 0.1) is 7.11 Å². The number of hydrogen-bond acceptors (Lipinski definition) is 3. The zero-order chi connectivity index (χ0) is 31.6. The topological polar surface area (TPSA) is 50.4 Å². The average Bonchev–Trinajstić information content (AvgIpc) is 3.12. The molecule has 2 N–H and O–H groups in total. The van der Waals surface area contributed by atoms with Crippen LogP contribution in [0.15, 0.2) is 109 Å². The van der Waals surface area contributed by atoms with Gasteiger partial charge in [-0.3, -0.25) is 4.79 Å². The number of methoxy groups -OCH3 is 1. The molecule has 4 unspecified atom stereocenters. The monoisotopic (exact) mass is 652 g/mol. The molecule has 4 atom stereocenters. The van der Waals surface area contributed by atoms with E-state index in [1.54, 1.807) is 12.7 Å². The summed E-state index contributed by atoms with van der Waals surface area (Å²) in [4.78, 5) is 12.8. The molecule has 0 aromatic heterocycles. The van der Waals surface area contributed by atoms with E-state index in [2.05, 4.69) is 89.5 Å². The first-order valence-corrected chi connectivity index (χ1v) is 17.8. The molecule has 6 rings (SSSR count). The quantitative estimate of drug-likeness (QED) is 0.171. The molecule has 1 amide bonds. The molecule has 1 heterocycles. The summed E-state index contributed by atoms with van der Waals surface area (Å²) in [5.74, 6) is 3.23. The highest BCUT2D eigenvalue weighted by Gasteiger charge is 2.42. The van der Waals surface area contributed by atoms with E-state index in [-0.39, 0.29) is 23.7 Å². The maximum Gasteiger partial charge on any atom is 0.220 e. The number of piperidine rings is 1. The lowest BCUT2D eigenvalue weighted by atomic mass is 9.62. The van der Waals surface area contributed by atoms with Crippen molar-refractivity contribution in [3.05, 3.63) is 125 Å². The molecule has 0 spiro atoms. The molecule has 1 fully saturated rings. The van der Waals surface area contributed by atoms with E-state index in [1.165, 1.54) is 49.7 Å². The molecule has 4 nitrogen and oxygen atoms in total. The minimum absolute atomic E-state index is 0. The lowest BCUT2D eigenvalue weighted by molar-refractivity contribution is -0.121. The zero-order valence-corrected chi connectivity index (χ0v) is 28.9. The molecule has 0 bridgehead atoms. The van der Waals surface area contributed by atoms with E-state index < -0.39 is 0 Å². The Kier molecular flexibility index (Phi) is 12.8. The van der Waals surface area contributed by atoms with Gasteiger partial charge < -0.3 is 15.4 Å². The maximum absolute atomic E-state index is 12.8. The third kappa shape index (κ3) is 8.58. The van der Waals surface area contributed by atoms with E-state index in [9.17, 15) is 4.79 Å². The van der Waals surface area contributed by atoms with Crippen molar-refractivity contribution < 1.29 is 9.53 Å². The normalized spacial score (nSPS) is 21.9. The second kappa shape index (κ2) is 17.2. The van der Waals surface area contributed by atoms with Gasteiger partial charge >= 0.3 is 0 Å². The van der Waals surface area contributed by atoms with E-state index in [0.29, 0.717) is 19.0 Å². The maximum atomic E-state index is 12.8. The minimum Gasteiger partial charge on any atom is -0.497 e. The Labute approximate surface area is 288 Å². The van der Waals surface area contributed by atoms with Crippen molar-refractivity contribution in [3.8, 4) is 5.75 Å². The molecule has 1 aliphatic heterocycles. The Morgan fingerprint density at radius 1 is 0.915 bits per heavy atom. The third-order valence-corrected chi connectivity index (χ3v) is 11.1. The summed E-state index contributed by atoms with van der Waals surface area (Å²) in [5.41, 5.74) is 5.48.